The maximum atomic E-state index is 12.7. The minimum Gasteiger partial charge on any atom is -0.341 e. The Hall–Kier alpha value is -2.39. The van der Waals surface area contributed by atoms with E-state index in [2.05, 4.69) is 20.9 Å². The Balaban J connectivity index is 1.38. The van der Waals surface area contributed by atoms with Crippen LogP contribution < -0.4 is 5.69 Å². The molecule has 1 aliphatic rings. The van der Waals surface area contributed by atoms with Gasteiger partial charge < -0.3 is 14.8 Å². The van der Waals surface area contributed by atoms with Gasteiger partial charge in [-0.2, -0.15) is 0 Å². The number of thiophene rings is 1. The molecule has 2 aromatic heterocycles. The van der Waals surface area contributed by atoms with Gasteiger partial charge in [-0.15, -0.1) is 11.3 Å². The van der Waals surface area contributed by atoms with Gasteiger partial charge in [0.25, 0.3) is 5.91 Å². The average Bonchev–Trinajstić information content (AvgIpc) is 3.29. The van der Waals surface area contributed by atoms with Gasteiger partial charge in [0.05, 0.1) is 26.2 Å². The van der Waals surface area contributed by atoms with Gasteiger partial charge in [-0.25, -0.2) is 4.79 Å². The first-order valence-electron chi connectivity index (χ1n) is 9.42. The molecule has 7 nitrogen and oxygen atoms in total. The van der Waals surface area contributed by atoms with E-state index in [4.69, 9.17) is 0 Å². The molecule has 0 radical (unpaired) electrons. The number of aromatic amines is 1. The van der Waals surface area contributed by atoms with Crippen LogP contribution in [-0.2, 0) is 4.79 Å². The quantitative estimate of drug-likeness (QED) is 0.628. The number of halogens is 1. The van der Waals surface area contributed by atoms with Gasteiger partial charge in [0.1, 0.15) is 0 Å². The molecule has 0 aliphatic carbocycles. The summed E-state index contributed by atoms with van der Waals surface area (Å²) in [4.78, 5) is 44.2. The molecule has 3 aromatic rings. The van der Waals surface area contributed by atoms with Crippen molar-refractivity contribution < 1.29 is 9.59 Å². The maximum absolute atomic E-state index is 12.7. The first kappa shape index (κ1) is 19.9. The van der Waals surface area contributed by atoms with E-state index in [0.29, 0.717) is 30.8 Å². The van der Waals surface area contributed by atoms with Crippen molar-refractivity contribution in [2.75, 3.05) is 26.7 Å². The molecule has 4 rings (SSSR count). The number of benzene rings is 1. The lowest BCUT2D eigenvalue weighted by Crippen LogP contribution is -2.45. The number of carbonyl (C=O) groups is 2. The number of imidazole rings is 1. The number of hydrogen-bond acceptors (Lipinski definition) is 4. The van der Waals surface area contributed by atoms with Crippen molar-refractivity contribution in [3.05, 3.63) is 55.5 Å². The maximum Gasteiger partial charge on any atom is 0.326 e. The predicted octanol–water partition coefficient (Wildman–Crippen LogP) is 3.09. The molecule has 2 amide bonds. The van der Waals surface area contributed by atoms with Crippen molar-refractivity contribution in [1.29, 1.82) is 0 Å². The molecule has 3 heterocycles. The monoisotopic (exact) mass is 476 g/mol. The first-order valence-corrected chi connectivity index (χ1v) is 11.0. The second kappa shape index (κ2) is 8.16. The number of H-pyrrole nitrogens is 1. The van der Waals surface area contributed by atoms with Crippen molar-refractivity contribution in [1.82, 2.24) is 19.4 Å². The number of nitrogens with zero attached hydrogens (tertiary/aromatic N) is 3. The van der Waals surface area contributed by atoms with Gasteiger partial charge in [0, 0.05) is 26.2 Å². The molecule has 1 aromatic carbocycles. The number of hydrogen-bond donors (Lipinski definition) is 1. The molecule has 0 saturated carbocycles. The van der Waals surface area contributed by atoms with Crippen LogP contribution in [0.5, 0.6) is 0 Å². The van der Waals surface area contributed by atoms with E-state index >= 15 is 0 Å². The summed E-state index contributed by atoms with van der Waals surface area (Å²) in [5, 5.41) is 0. The van der Waals surface area contributed by atoms with E-state index in [-0.39, 0.29) is 30.1 Å². The summed E-state index contributed by atoms with van der Waals surface area (Å²) in [6.07, 6.45) is 1.42. The van der Waals surface area contributed by atoms with Gasteiger partial charge >= 0.3 is 5.69 Å². The molecule has 9 heteroatoms. The smallest absolute Gasteiger partial charge is 0.326 e. The third-order valence-corrected chi connectivity index (χ3v) is 6.92. The minimum atomic E-state index is -0.158. The molecule has 152 valence electrons. The fourth-order valence-electron chi connectivity index (χ4n) is 3.80. The van der Waals surface area contributed by atoms with Crippen LogP contribution in [0.25, 0.3) is 11.0 Å². The molecule has 0 spiro atoms. The third-order valence-electron chi connectivity index (χ3n) is 5.31. The second-order valence-corrected chi connectivity index (χ2v) is 9.66. The molecule has 0 bridgehead atoms. The van der Waals surface area contributed by atoms with Gasteiger partial charge in [-0.1, -0.05) is 12.1 Å². The highest BCUT2D eigenvalue weighted by Crippen LogP contribution is 2.25. The van der Waals surface area contributed by atoms with E-state index in [1.165, 1.54) is 16.2 Å². The lowest BCUT2D eigenvalue weighted by molar-refractivity contribution is -0.132. The zero-order valence-corrected chi connectivity index (χ0v) is 18.3. The van der Waals surface area contributed by atoms with Crippen LogP contribution in [0.1, 0.15) is 28.6 Å². The Kier molecular flexibility index (Phi) is 5.60. The normalized spacial score (nSPS) is 15.0. The second-order valence-electron chi connectivity index (χ2n) is 7.19. The number of likely N-dealkylation sites (tertiary alicyclic amines) is 1. The van der Waals surface area contributed by atoms with Crippen LogP contribution in [0.15, 0.2) is 45.0 Å². The number of amides is 2. The predicted molar refractivity (Wildman–Crippen MR) is 116 cm³/mol. The fourth-order valence-corrected chi connectivity index (χ4v) is 5.18. The van der Waals surface area contributed by atoms with Gasteiger partial charge in [0.15, 0.2) is 0 Å². The van der Waals surface area contributed by atoms with Crippen LogP contribution in [0.2, 0.25) is 0 Å². The van der Waals surface area contributed by atoms with Gasteiger partial charge in [-0.05, 0) is 53.0 Å². The van der Waals surface area contributed by atoms with Crippen LogP contribution in [-0.4, -0.2) is 57.8 Å². The van der Waals surface area contributed by atoms with E-state index in [1.807, 2.05) is 30.3 Å². The number of rotatable bonds is 4. The van der Waals surface area contributed by atoms with Crippen molar-refractivity contribution in [3.63, 3.8) is 0 Å². The summed E-state index contributed by atoms with van der Waals surface area (Å²) in [7, 11) is 1.64. The van der Waals surface area contributed by atoms with E-state index in [0.717, 1.165) is 14.8 Å². The summed E-state index contributed by atoms with van der Waals surface area (Å²) >= 11 is 4.70. The largest absolute Gasteiger partial charge is 0.341 e. The van der Waals surface area contributed by atoms with Crippen LogP contribution in [0.3, 0.4) is 0 Å². The zero-order valence-electron chi connectivity index (χ0n) is 15.9. The topological polar surface area (TPSA) is 78.4 Å². The summed E-state index contributed by atoms with van der Waals surface area (Å²) in [5.74, 6) is -0.226. The lowest BCUT2D eigenvalue weighted by atomic mass is 10.0. The molecule has 0 atom stereocenters. The summed E-state index contributed by atoms with van der Waals surface area (Å²) in [6.45, 7) is 1.19. The Morgan fingerprint density at radius 3 is 2.62 bits per heavy atom. The Labute approximate surface area is 180 Å². The summed E-state index contributed by atoms with van der Waals surface area (Å²) < 4.78 is 2.69. The number of nitrogens with one attached hydrogen (secondary N) is 1. The van der Waals surface area contributed by atoms with Crippen LogP contribution in [0.4, 0.5) is 0 Å². The molecule has 1 aliphatic heterocycles. The number of piperidine rings is 1. The highest BCUT2D eigenvalue weighted by Gasteiger charge is 2.27. The zero-order chi connectivity index (χ0) is 20.5. The average molecular weight is 477 g/mol. The number of para-hydroxylation sites is 2. The lowest BCUT2D eigenvalue weighted by Gasteiger charge is -2.33. The Morgan fingerprint density at radius 1 is 1.21 bits per heavy atom. The highest BCUT2D eigenvalue weighted by molar-refractivity contribution is 9.11. The Bertz CT molecular complexity index is 1110. The standard InChI is InChI=1S/C20H21BrN4O3S/c1-23(19(27)16-6-7-17(21)29-16)12-18(26)24-10-8-13(9-11-24)25-15-5-3-2-4-14(15)22-20(25)28/h2-7,13H,8-12H2,1H3,(H,22,28). The van der Waals surface area contributed by atoms with E-state index < -0.39 is 0 Å². The SMILES string of the molecule is CN(CC(=O)N1CCC(n2c(=O)[nH]c3ccccc32)CC1)C(=O)c1ccc(Br)s1. The third kappa shape index (κ3) is 4.02. The van der Waals surface area contributed by atoms with Gasteiger partial charge in [-0.3, -0.25) is 14.2 Å². The highest BCUT2D eigenvalue weighted by atomic mass is 79.9. The fraction of sp³-hybridized carbons (Fsp3) is 0.350. The van der Waals surface area contributed by atoms with E-state index in [1.54, 1.807) is 22.6 Å². The van der Waals surface area contributed by atoms with E-state index in [9.17, 15) is 14.4 Å². The molecule has 1 N–H and O–H groups in total. The summed E-state index contributed by atoms with van der Waals surface area (Å²) in [6, 6.07) is 11.3. The molecule has 0 unspecified atom stereocenters. The van der Waals surface area contributed by atoms with Crippen LogP contribution >= 0.6 is 27.3 Å². The number of carbonyl (C=O) groups excluding carboxylic acids is 2. The molecule has 29 heavy (non-hydrogen) atoms. The molecule has 1 fully saturated rings. The van der Waals surface area contributed by atoms with Gasteiger partial charge in [0.2, 0.25) is 5.91 Å². The number of aromatic nitrogens is 2. The molecular formula is C20H21BrN4O3S. The first-order chi connectivity index (χ1) is 13.9. The van der Waals surface area contributed by atoms with Crippen molar-refractivity contribution in [3.8, 4) is 0 Å². The molecular weight excluding hydrogens is 456 g/mol. The number of likely N-dealkylation sites (N-methyl/N-ethyl adjacent to an activating group) is 1. The molecule has 1 saturated heterocycles. The van der Waals surface area contributed by atoms with Crippen molar-refractivity contribution in [2.24, 2.45) is 0 Å². The van der Waals surface area contributed by atoms with Crippen molar-refractivity contribution >= 4 is 50.1 Å². The minimum absolute atomic E-state index is 0.0477. The van der Waals surface area contributed by atoms with Crippen molar-refractivity contribution in [2.45, 2.75) is 18.9 Å². The Morgan fingerprint density at radius 2 is 1.93 bits per heavy atom. The van der Waals surface area contributed by atoms with Crippen LogP contribution in [0, 0.1) is 0 Å². The number of fused-ring (bicyclic) bond motifs is 1. The summed E-state index contributed by atoms with van der Waals surface area (Å²) in [5.41, 5.74) is 1.62.